The monoisotopic (exact) mass is 274 g/mol. The molecule has 1 aromatic carbocycles. The lowest BCUT2D eigenvalue weighted by molar-refractivity contribution is 0.0985. The first kappa shape index (κ1) is 14.0. The molecule has 0 atom stereocenters. The summed E-state index contributed by atoms with van der Waals surface area (Å²) in [4.78, 5) is 13.9. The maximum Gasteiger partial charge on any atom is 0.172 e. The zero-order valence-corrected chi connectivity index (χ0v) is 12.1. The third kappa shape index (κ3) is 3.31. The number of benzene rings is 1. The molecule has 1 aromatic heterocycles. The zero-order valence-electron chi connectivity index (χ0n) is 11.3. The molecular formula is C16H18O2S. The minimum absolute atomic E-state index is 0.239. The van der Waals surface area contributed by atoms with Crippen LogP contribution >= 0.6 is 11.3 Å². The van der Waals surface area contributed by atoms with Gasteiger partial charge < -0.3 is 4.74 Å². The minimum Gasteiger partial charge on any atom is -0.380 e. The molecule has 0 fully saturated rings. The number of thiophene rings is 1. The largest absolute Gasteiger partial charge is 0.380 e. The van der Waals surface area contributed by atoms with E-state index in [0.717, 1.165) is 27.3 Å². The Kier molecular flexibility index (Phi) is 4.88. The van der Waals surface area contributed by atoms with Gasteiger partial charge in [0, 0.05) is 18.4 Å². The molecule has 0 aliphatic rings. The highest BCUT2D eigenvalue weighted by Crippen LogP contribution is 2.31. The van der Waals surface area contributed by atoms with Crippen LogP contribution in [-0.4, -0.2) is 12.9 Å². The van der Waals surface area contributed by atoms with Crippen LogP contribution in [0.1, 0.15) is 35.0 Å². The molecule has 19 heavy (non-hydrogen) atoms. The smallest absolute Gasteiger partial charge is 0.172 e. The zero-order chi connectivity index (χ0) is 13.7. The summed E-state index contributed by atoms with van der Waals surface area (Å²) in [6, 6.07) is 12.1. The van der Waals surface area contributed by atoms with Crippen LogP contribution in [0.5, 0.6) is 0 Å². The quantitative estimate of drug-likeness (QED) is 0.723. The summed E-state index contributed by atoms with van der Waals surface area (Å²) in [7, 11) is 1.70. The van der Waals surface area contributed by atoms with Crippen molar-refractivity contribution in [1.29, 1.82) is 0 Å². The maximum absolute atomic E-state index is 11.9. The molecule has 2 aromatic rings. The lowest BCUT2D eigenvalue weighted by Gasteiger charge is -2.06. The van der Waals surface area contributed by atoms with E-state index in [-0.39, 0.29) is 5.78 Å². The number of methoxy groups -OCH3 is 1. The second kappa shape index (κ2) is 6.64. The molecule has 0 N–H and O–H groups in total. The van der Waals surface area contributed by atoms with Crippen LogP contribution < -0.4 is 0 Å². The van der Waals surface area contributed by atoms with Gasteiger partial charge in [0.05, 0.1) is 11.5 Å². The van der Waals surface area contributed by atoms with Crippen molar-refractivity contribution < 1.29 is 9.53 Å². The first-order chi connectivity index (χ1) is 9.26. The number of carbonyl (C=O) groups excluding carboxylic acids is 1. The van der Waals surface area contributed by atoms with E-state index in [0.29, 0.717) is 13.0 Å². The molecule has 0 saturated carbocycles. The Bertz CT molecular complexity index is 557. The lowest BCUT2D eigenvalue weighted by atomic mass is 10.1. The van der Waals surface area contributed by atoms with Gasteiger partial charge in [0.25, 0.3) is 0 Å². The van der Waals surface area contributed by atoms with Crippen molar-refractivity contribution in [1.82, 2.24) is 0 Å². The highest BCUT2D eigenvalue weighted by molar-refractivity contribution is 7.17. The fourth-order valence-corrected chi connectivity index (χ4v) is 3.06. The summed E-state index contributed by atoms with van der Waals surface area (Å²) in [6.45, 7) is 2.62. The predicted octanol–water partition coefficient (Wildman–Crippen LogP) is 4.54. The Morgan fingerprint density at radius 2 is 2.00 bits per heavy atom. The van der Waals surface area contributed by atoms with E-state index in [2.05, 4.69) is 12.1 Å². The summed E-state index contributed by atoms with van der Waals surface area (Å²) in [6.07, 6.45) is 1.52. The lowest BCUT2D eigenvalue weighted by Crippen LogP contribution is -1.93. The summed E-state index contributed by atoms with van der Waals surface area (Å²) in [5.41, 5.74) is 2.31. The third-order valence-electron chi connectivity index (χ3n) is 2.94. The van der Waals surface area contributed by atoms with Gasteiger partial charge in [0.1, 0.15) is 0 Å². The topological polar surface area (TPSA) is 26.3 Å². The molecule has 1 heterocycles. The SMILES string of the molecule is CCCC(=O)c1ccc(-c2ccccc2COC)s1. The maximum atomic E-state index is 11.9. The van der Waals surface area contributed by atoms with E-state index in [1.54, 1.807) is 18.4 Å². The molecule has 3 heteroatoms. The number of hydrogen-bond donors (Lipinski definition) is 0. The molecule has 0 aliphatic heterocycles. The van der Waals surface area contributed by atoms with Gasteiger partial charge in [-0.3, -0.25) is 4.79 Å². The van der Waals surface area contributed by atoms with E-state index in [4.69, 9.17) is 4.74 Å². The Balaban J connectivity index is 2.30. The van der Waals surface area contributed by atoms with Gasteiger partial charge in [-0.1, -0.05) is 31.2 Å². The number of Topliss-reactive ketones (excluding diaryl/α,β-unsaturated/α-hetero) is 1. The van der Waals surface area contributed by atoms with Crippen molar-refractivity contribution in [2.45, 2.75) is 26.4 Å². The number of hydrogen-bond acceptors (Lipinski definition) is 3. The Morgan fingerprint density at radius 3 is 2.74 bits per heavy atom. The van der Waals surface area contributed by atoms with Crippen LogP contribution in [0.3, 0.4) is 0 Å². The first-order valence-electron chi connectivity index (χ1n) is 6.46. The van der Waals surface area contributed by atoms with Crippen LogP contribution in [0.25, 0.3) is 10.4 Å². The average molecular weight is 274 g/mol. The highest BCUT2D eigenvalue weighted by Gasteiger charge is 2.11. The van der Waals surface area contributed by atoms with Crippen molar-refractivity contribution in [2.24, 2.45) is 0 Å². The molecule has 0 bridgehead atoms. The fourth-order valence-electron chi connectivity index (χ4n) is 2.02. The molecule has 0 radical (unpaired) electrons. The molecule has 2 rings (SSSR count). The molecular weight excluding hydrogens is 256 g/mol. The molecule has 0 unspecified atom stereocenters. The second-order valence-corrected chi connectivity index (χ2v) is 5.51. The second-order valence-electron chi connectivity index (χ2n) is 4.43. The van der Waals surface area contributed by atoms with E-state index < -0.39 is 0 Å². The number of ether oxygens (including phenoxy) is 1. The average Bonchev–Trinajstić information content (AvgIpc) is 2.90. The summed E-state index contributed by atoms with van der Waals surface area (Å²) >= 11 is 1.57. The summed E-state index contributed by atoms with van der Waals surface area (Å²) < 4.78 is 5.22. The van der Waals surface area contributed by atoms with E-state index >= 15 is 0 Å². The summed E-state index contributed by atoms with van der Waals surface area (Å²) in [5, 5.41) is 0. The van der Waals surface area contributed by atoms with Crippen LogP contribution in [0, 0.1) is 0 Å². The Hall–Kier alpha value is -1.45. The van der Waals surface area contributed by atoms with Gasteiger partial charge in [-0.15, -0.1) is 11.3 Å². The van der Waals surface area contributed by atoms with Gasteiger partial charge >= 0.3 is 0 Å². The third-order valence-corrected chi connectivity index (χ3v) is 4.10. The van der Waals surface area contributed by atoms with Crippen LogP contribution in [0.15, 0.2) is 36.4 Å². The van der Waals surface area contributed by atoms with E-state index in [1.165, 1.54) is 0 Å². The normalized spacial score (nSPS) is 10.6. The van der Waals surface area contributed by atoms with Gasteiger partial charge in [-0.25, -0.2) is 0 Å². The highest BCUT2D eigenvalue weighted by atomic mass is 32.1. The molecule has 100 valence electrons. The van der Waals surface area contributed by atoms with Gasteiger partial charge in [-0.2, -0.15) is 0 Å². The molecule has 0 aliphatic carbocycles. The minimum atomic E-state index is 0.239. The van der Waals surface area contributed by atoms with Crippen molar-refractivity contribution in [3.8, 4) is 10.4 Å². The first-order valence-corrected chi connectivity index (χ1v) is 7.28. The fraction of sp³-hybridized carbons (Fsp3) is 0.312. The number of carbonyl (C=O) groups is 1. The van der Waals surface area contributed by atoms with Crippen LogP contribution in [-0.2, 0) is 11.3 Å². The number of ketones is 1. The molecule has 0 saturated heterocycles. The van der Waals surface area contributed by atoms with Crippen LogP contribution in [0.2, 0.25) is 0 Å². The van der Waals surface area contributed by atoms with E-state index in [1.807, 2.05) is 31.2 Å². The van der Waals surface area contributed by atoms with E-state index in [9.17, 15) is 4.79 Å². The summed E-state index contributed by atoms with van der Waals surface area (Å²) in [5.74, 6) is 0.239. The standard InChI is InChI=1S/C16H18O2S/c1-3-6-14(17)16-10-9-15(19-16)13-8-5-4-7-12(13)11-18-2/h4-5,7-10H,3,6,11H2,1-2H3. The van der Waals surface area contributed by atoms with Crippen molar-refractivity contribution in [3.05, 3.63) is 46.8 Å². The van der Waals surface area contributed by atoms with Crippen molar-refractivity contribution in [2.75, 3.05) is 7.11 Å². The van der Waals surface area contributed by atoms with Gasteiger partial charge in [0.2, 0.25) is 0 Å². The predicted molar refractivity (Wildman–Crippen MR) is 79.7 cm³/mol. The Morgan fingerprint density at radius 1 is 1.21 bits per heavy atom. The molecule has 2 nitrogen and oxygen atoms in total. The molecule has 0 spiro atoms. The van der Waals surface area contributed by atoms with Crippen molar-refractivity contribution >= 4 is 17.1 Å². The van der Waals surface area contributed by atoms with Gasteiger partial charge in [0.15, 0.2) is 5.78 Å². The number of rotatable bonds is 6. The molecule has 0 amide bonds. The van der Waals surface area contributed by atoms with Crippen molar-refractivity contribution in [3.63, 3.8) is 0 Å². The van der Waals surface area contributed by atoms with Gasteiger partial charge in [-0.05, 0) is 29.7 Å². The van der Waals surface area contributed by atoms with Crippen LogP contribution in [0.4, 0.5) is 0 Å². The Labute approximate surface area is 118 Å².